The van der Waals surface area contributed by atoms with E-state index in [9.17, 15) is 4.79 Å². The SMILES string of the molecule is CCC(CC(C)N(CC)c1nc2c(C)cc(C(=O)C3(C)CC3)cc2s1)NCc1c(-c2c(Cl)cccc2Cl)noc1C1CC1. The molecule has 6 nitrogen and oxygen atoms in total. The number of aromatic nitrogens is 2. The van der Waals surface area contributed by atoms with Crippen LogP contribution < -0.4 is 10.2 Å². The van der Waals surface area contributed by atoms with Gasteiger partial charge in [0.1, 0.15) is 11.5 Å². The topological polar surface area (TPSA) is 71.3 Å². The van der Waals surface area contributed by atoms with Crippen LogP contribution in [-0.4, -0.2) is 34.6 Å². The quantitative estimate of drug-likeness (QED) is 0.147. The smallest absolute Gasteiger partial charge is 0.186 e. The molecule has 6 rings (SSSR count). The number of carbonyl (C=O) groups excluding carboxylic acids is 1. The maximum absolute atomic E-state index is 13.1. The average Bonchev–Trinajstić information content (AvgIpc) is 3.88. The van der Waals surface area contributed by atoms with Gasteiger partial charge in [-0.1, -0.05) is 59.6 Å². The largest absolute Gasteiger partial charge is 0.360 e. The number of ketones is 1. The van der Waals surface area contributed by atoms with Crippen LogP contribution in [0.25, 0.3) is 21.5 Å². The predicted octanol–water partition coefficient (Wildman–Crippen LogP) is 9.60. The number of halogens is 2. The lowest BCUT2D eigenvalue weighted by Crippen LogP contribution is -2.39. The molecule has 4 aromatic rings. The highest BCUT2D eigenvalue weighted by Gasteiger charge is 2.45. The molecule has 9 heteroatoms. The number of fused-ring (bicyclic) bond motifs is 1. The van der Waals surface area contributed by atoms with Crippen molar-refractivity contribution in [3.8, 4) is 11.3 Å². The minimum Gasteiger partial charge on any atom is -0.360 e. The molecule has 2 aromatic carbocycles. The molecular weight excluding hydrogens is 599 g/mol. The molecular formula is C34H40Cl2N4O2S. The Kier molecular flexibility index (Phi) is 8.64. The van der Waals surface area contributed by atoms with Crippen molar-refractivity contribution in [1.29, 1.82) is 0 Å². The molecule has 0 bridgehead atoms. The fourth-order valence-electron chi connectivity index (χ4n) is 6.10. The molecule has 2 aliphatic carbocycles. The van der Waals surface area contributed by atoms with Gasteiger partial charge in [-0.3, -0.25) is 4.79 Å². The van der Waals surface area contributed by atoms with Crippen LogP contribution in [0, 0.1) is 12.3 Å². The normalized spacial score (nSPS) is 17.3. The third kappa shape index (κ3) is 6.11. The third-order valence-corrected chi connectivity index (χ3v) is 10.9. The van der Waals surface area contributed by atoms with Gasteiger partial charge in [0.25, 0.3) is 0 Å². The van der Waals surface area contributed by atoms with Gasteiger partial charge in [0.2, 0.25) is 0 Å². The van der Waals surface area contributed by atoms with E-state index in [1.807, 2.05) is 24.3 Å². The van der Waals surface area contributed by atoms with Gasteiger partial charge in [-0.2, -0.15) is 0 Å². The highest BCUT2D eigenvalue weighted by Crippen LogP contribution is 2.48. The standard InChI is InChI=1S/C34H40Cl2N4O2S/c1-6-23(37-18-24-30(39-42-31(24)21-11-12-21)28-25(35)9-8-10-26(28)36)16-20(4)40(7-2)33-38-29-19(3)15-22(17-27(29)43-33)32(41)34(5)13-14-34/h8-10,15,17,20-21,23,37H,6-7,11-14,16,18H2,1-5H3. The van der Waals surface area contributed by atoms with Gasteiger partial charge >= 0.3 is 0 Å². The van der Waals surface area contributed by atoms with Gasteiger partial charge in [0.05, 0.1) is 20.3 Å². The highest BCUT2D eigenvalue weighted by atomic mass is 35.5. The number of nitrogens with one attached hydrogen (secondary N) is 1. The number of thiazole rings is 1. The van der Waals surface area contributed by atoms with Crippen LogP contribution >= 0.6 is 34.5 Å². The van der Waals surface area contributed by atoms with Crippen LogP contribution in [-0.2, 0) is 6.54 Å². The molecule has 228 valence electrons. The minimum absolute atomic E-state index is 0.175. The summed E-state index contributed by atoms with van der Waals surface area (Å²) in [6.07, 6.45) is 6.14. The van der Waals surface area contributed by atoms with Gasteiger partial charge in [-0.25, -0.2) is 4.98 Å². The van der Waals surface area contributed by atoms with Gasteiger partial charge in [0.15, 0.2) is 10.9 Å². The summed E-state index contributed by atoms with van der Waals surface area (Å²) >= 11 is 14.9. The summed E-state index contributed by atoms with van der Waals surface area (Å²) in [7, 11) is 0. The number of Topliss-reactive ketones (excluding diaryl/α,β-unsaturated/α-hetero) is 1. The number of rotatable bonds is 13. The monoisotopic (exact) mass is 638 g/mol. The first-order chi connectivity index (χ1) is 20.6. The van der Waals surface area contributed by atoms with Crippen LogP contribution in [0.1, 0.15) is 99.4 Å². The number of carbonyl (C=O) groups is 1. The van der Waals surface area contributed by atoms with Crippen molar-refractivity contribution in [2.75, 3.05) is 11.4 Å². The average molecular weight is 640 g/mol. The molecule has 2 saturated carbocycles. The van der Waals surface area contributed by atoms with Crippen molar-refractivity contribution in [3.63, 3.8) is 0 Å². The Morgan fingerprint density at radius 1 is 1.21 bits per heavy atom. The van der Waals surface area contributed by atoms with Crippen molar-refractivity contribution in [2.45, 2.75) is 97.7 Å². The second-order valence-corrected chi connectivity index (χ2v) is 14.5. The molecule has 2 atom stereocenters. The molecule has 1 N–H and O–H groups in total. The number of nitrogens with zero attached hydrogens (tertiary/aromatic N) is 3. The van der Waals surface area contributed by atoms with E-state index in [-0.39, 0.29) is 23.3 Å². The Morgan fingerprint density at radius 3 is 2.56 bits per heavy atom. The predicted molar refractivity (Wildman–Crippen MR) is 178 cm³/mol. The summed E-state index contributed by atoms with van der Waals surface area (Å²) in [6, 6.07) is 10.2. The summed E-state index contributed by atoms with van der Waals surface area (Å²) in [6.45, 7) is 12.3. The fraction of sp³-hybridized carbons (Fsp3) is 0.500. The molecule has 2 heterocycles. The van der Waals surface area contributed by atoms with Crippen molar-refractivity contribution in [2.24, 2.45) is 5.41 Å². The second kappa shape index (κ2) is 12.2. The molecule has 0 saturated heterocycles. The molecule has 2 aromatic heterocycles. The van der Waals surface area contributed by atoms with Crippen molar-refractivity contribution >= 4 is 55.7 Å². The lowest BCUT2D eigenvalue weighted by atomic mass is 9.95. The molecule has 0 aliphatic heterocycles. The van der Waals surface area contributed by atoms with E-state index in [0.717, 1.165) is 94.1 Å². The molecule has 0 spiro atoms. The van der Waals surface area contributed by atoms with Crippen LogP contribution in [0.2, 0.25) is 10.0 Å². The number of benzene rings is 2. The molecule has 2 unspecified atom stereocenters. The summed E-state index contributed by atoms with van der Waals surface area (Å²) in [5.74, 6) is 1.64. The summed E-state index contributed by atoms with van der Waals surface area (Å²) < 4.78 is 6.97. The number of aryl methyl sites for hydroxylation is 1. The molecule has 0 radical (unpaired) electrons. The van der Waals surface area contributed by atoms with Crippen molar-refractivity contribution in [1.82, 2.24) is 15.5 Å². The van der Waals surface area contributed by atoms with Gasteiger partial charge in [-0.15, -0.1) is 0 Å². The number of hydrogen-bond donors (Lipinski definition) is 1. The van der Waals surface area contributed by atoms with Gasteiger partial charge in [-0.05, 0) is 89.1 Å². The first-order valence-electron chi connectivity index (χ1n) is 15.5. The molecule has 0 amide bonds. The Balaban J connectivity index is 1.19. The first-order valence-corrected chi connectivity index (χ1v) is 17.1. The zero-order valence-electron chi connectivity index (χ0n) is 25.6. The maximum Gasteiger partial charge on any atom is 0.186 e. The second-order valence-electron chi connectivity index (χ2n) is 12.6. The van der Waals surface area contributed by atoms with Crippen LogP contribution in [0.4, 0.5) is 5.13 Å². The lowest BCUT2D eigenvalue weighted by Gasteiger charge is -2.31. The van der Waals surface area contributed by atoms with Crippen LogP contribution in [0.15, 0.2) is 34.9 Å². The lowest BCUT2D eigenvalue weighted by molar-refractivity contribution is 0.0912. The van der Waals surface area contributed by atoms with E-state index in [1.165, 1.54) is 0 Å². The molecule has 2 aliphatic rings. The zero-order valence-corrected chi connectivity index (χ0v) is 27.9. The van der Waals surface area contributed by atoms with E-state index in [1.54, 1.807) is 11.3 Å². The molecule has 43 heavy (non-hydrogen) atoms. The van der Waals surface area contributed by atoms with Gasteiger partial charge < -0.3 is 14.7 Å². The van der Waals surface area contributed by atoms with E-state index < -0.39 is 0 Å². The van der Waals surface area contributed by atoms with Crippen LogP contribution in [0.3, 0.4) is 0 Å². The van der Waals surface area contributed by atoms with Gasteiger partial charge in [0, 0.05) is 53.2 Å². The summed E-state index contributed by atoms with van der Waals surface area (Å²) in [4.78, 5) is 20.5. The van der Waals surface area contributed by atoms with E-state index in [2.05, 4.69) is 56.1 Å². The Labute approximate surface area is 268 Å². The first kappa shape index (κ1) is 30.6. The maximum atomic E-state index is 13.1. The summed E-state index contributed by atoms with van der Waals surface area (Å²) in [5.41, 5.74) is 5.25. The van der Waals surface area contributed by atoms with E-state index in [0.29, 0.717) is 22.5 Å². The zero-order chi connectivity index (χ0) is 30.5. The fourth-order valence-corrected chi connectivity index (χ4v) is 7.92. The molecule has 2 fully saturated rings. The Hall–Kier alpha value is -2.45. The summed E-state index contributed by atoms with van der Waals surface area (Å²) in [5, 5.41) is 10.4. The highest BCUT2D eigenvalue weighted by molar-refractivity contribution is 7.22. The third-order valence-electron chi connectivity index (χ3n) is 9.26. The Bertz CT molecular complexity index is 1640. The van der Waals surface area contributed by atoms with Crippen molar-refractivity contribution in [3.05, 3.63) is 62.8 Å². The van der Waals surface area contributed by atoms with Crippen LogP contribution in [0.5, 0.6) is 0 Å². The minimum atomic E-state index is -0.175. The Morgan fingerprint density at radius 2 is 1.93 bits per heavy atom. The van der Waals surface area contributed by atoms with E-state index in [4.69, 9.17) is 32.7 Å². The number of anilines is 1. The van der Waals surface area contributed by atoms with Crippen molar-refractivity contribution < 1.29 is 9.32 Å². The number of hydrogen-bond acceptors (Lipinski definition) is 7. The van der Waals surface area contributed by atoms with E-state index >= 15 is 0 Å².